The van der Waals surface area contributed by atoms with E-state index in [0.29, 0.717) is 34.0 Å². The van der Waals surface area contributed by atoms with Crippen LogP contribution in [0.4, 0.5) is 11.4 Å². The van der Waals surface area contributed by atoms with E-state index in [9.17, 15) is 14.9 Å². The average molecular weight is 418 g/mol. The van der Waals surface area contributed by atoms with Gasteiger partial charge in [0.05, 0.1) is 23.1 Å². The summed E-state index contributed by atoms with van der Waals surface area (Å²) in [5, 5.41) is 13.7. The Bertz CT molecular complexity index is 1250. The van der Waals surface area contributed by atoms with Gasteiger partial charge < -0.3 is 19.8 Å². The number of amides is 1. The van der Waals surface area contributed by atoms with Crippen LogP contribution in [0, 0.1) is 10.1 Å². The summed E-state index contributed by atoms with van der Waals surface area (Å²) in [6.07, 6.45) is 0. The van der Waals surface area contributed by atoms with Crippen molar-refractivity contribution in [1.82, 2.24) is 9.97 Å². The van der Waals surface area contributed by atoms with Crippen LogP contribution < -0.4 is 14.8 Å². The van der Waals surface area contributed by atoms with Crippen LogP contribution in [0.3, 0.4) is 0 Å². The number of imidazole rings is 1. The number of rotatable bonds is 7. The number of hydrogen-bond donors (Lipinski definition) is 2. The molecule has 0 aliphatic rings. The standard InChI is InChI=1S/C22H18N4O5/c1-30-17-8-5-15(6-9-17)23-21(27)13-31-18-4-2-3-14(11-18)22-24-19-10-7-16(26(28)29)12-20(19)25-22/h2-12H,13H2,1H3,(H,23,27)(H,24,25). The molecule has 0 unspecified atom stereocenters. The molecule has 0 radical (unpaired) electrons. The molecule has 31 heavy (non-hydrogen) atoms. The molecule has 3 aromatic carbocycles. The Balaban J connectivity index is 1.43. The number of fused-ring (bicyclic) bond motifs is 1. The van der Waals surface area contributed by atoms with Crippen molar-refractivity contribution in [3.63, 3.8) is 0 Å². The number of aromatic nitrogens is 2. The Morgan fingerprint density at radius 1 is 1.10 bits per heavy atom. The predicted octanol–water partition coefficient (Wildman–Crippen LogP) is 4.16. The molecule has 4 aromatic rings. The maximum absolute atomic E-state index is 12.2. The molecule has 0 bridgehead atoms. The number of benzene rings is 3. The van der Waals surface area contributed by atoms with E-state index in [1.165, 1.54) is 12.1 Å². The van der Waals surface area contributed by atoms with E-state index in [1.807, 2.05) is 6.07 Å². The van der Waals surface area contributed by atoms with Crippen molar-refractivity contribution in [2.75, 3.05) is 19.0 Å². The zero-order chi connectivity index (χ0) is 21.8. The second-order valence-corrected chi connectivity index (χ2v) is 6.64. The van der Waals surface area contributed by atoms with Gasteiger partial charge in [-0.1, -0.05) is 12.1 Å². The second kappa shape index (κ2) is 8.54. The number of ether oxygens (including phenoxy) is 2. The maximum atomic E-state index is 12.2. The van der Waals surface area contributed by atoms with E-state index in [-0.39, 0.29) is 18.2 Å². The number of carbonyl (C=O) groups excluding carboxylic acids is 1. The fourth-order valence-corrected chi connectivity index (χ4v) is 3.00. The summed E-state index contributed by atoms with van der Waals surface area (Å²) in [7, 11) is 1.57. The van der Waals surface area contributed by atoms with Crippen LogP contribution in [0.25, 0.3) is 22.4 Å². The molecule has 9 nitrogen and oxygen atoms in total. The molecule has 0 spiro atoms. The first-order valence-corrected chi connectivity index (χ1v) is 9.33. The van der Waals surface area contributed by atoms with E-state index in [1.54, 1.807) is 55.6 Å². The number of non-ortho nitro benzene ring substituents is 1. The van der Waals surface area contributed by atoms with Gasteiger partial charge >= 0.3 is 0 Å². The summed E-state index contributed by atoms with van der Waals surface area (Å²) in [5.41, 5.74) is 2.54. The summed E-state index contributed by atoms with van der Waals surface area (Å²) in [4.78, 5) is 30.2. The van der Waals surface area contributed by atoms with Crippen molar-refractivity contribution in [3.05, 3.63) is 76.8 Å². The van der Waals surface area contributed by atoms with Crippen molar-refractivity contribution in [1.29, 1.82) is 0 Å². The highest BCUT2D eigenvalue weighted by atomic mass is 16.6. The number of H-pyrrole nitrogens is 1. The van der Waals surface area contributed by atoms with Crippen LogP contribution in [-0.2, 0) is 4.79 Å². The Labute approximate surface area is 176 Å². The van der Waals surface area contributed by atoms with E-state index in [2.05, 4.69) is 15.3 Å². The maximum Gasteiger partial charge on any atom is 0.271 e. The number of anilines is 1. The number of methoxy groups -OCH3 is 1. The summed E-state index contributed by atoms with van der Waals surface area (Å²) in [5.74, 6) is 1.44. The lowest BCUT2D eigenvalue weighted by Gasteiger charge is -2.09. The van der Waals surface area contributed by atoms with Gasteiger partial charge in [0.1, 0.15) is 17.3 Å². The number of carbonyl (C=O) groups is 1. The highest BCUT2D eigenvalue weighted by Gasteiger charge is 2.11. The normalized spacial score (nSPS) is 10.6. The molecule has 1 aromatic heterocycles. The van der Waals surface area contributed by atoms with Crippen molar-refractivity contribution in [2.45, 2.75) is 0 Å². The Morgan fingerprint density at radius 2 is 1.90 bits per heavy atom. The second-order valence-electron chi connectivity index (χ2n) is 6.64. The molecular formula is C22H18N4O5. The number of nitro groups is 1. The predicted molar refractivity (Wildman–Crippen MR) is 115 cm³/mol. The topological polar surface area (TPSA) is 119 Å². The smallest absolute Gasteiger partial charge is 0.271 e. The number of nitrogens with one attached hydrogen (secondary N) is 2. The molecule has 2 N–H and O–H groups in total. The molecule has 0 aliphatic carbocycles. The van der Waals surface area contributed by atoms with E-state index in [0.717, 1.165) is 5.56 Å². The summed E-state index contributed by atoms with van der Waals surface area (Å²) >= 11 is 0. The minimum absolute atomic E-state index is 0.0114. The van der Waals surface area contributed by atoms with Gasteiger partial charge in [0.15, 0.2) is 6.61 Å². The minimum atomic E-state index is -0.453. The van der Waals surface area contributed by atoms with Gasteiger partial charge in [0.2, 0.25) is 0 Å². The third-order valence-corrected chi connectivity index (χ3v) is 4.53. The van der Waals surface area contributed by atoms with E-state index >= 15 is 0 Å². The average Bonchev–Trinajstić information content (AvgIpc) is 3.22. The summed E-state index contributed by atoms with van der Waals surface area (Å²) in [6, 6.07) is 18.5. The van der Waals surface area contributed by atoms with Crippen molar-refractivity contribution in [2.24, 2.45) is 0 Å². The van der Waals surface area contributed by atoms with Crippen LogP contribution in [0.2, 0.25) is 0 Å². The number of nitrogens with zero attached hydrogens (tertiary/aromatic N) is 2. The number of aromatic amines is 1. The third-order valence-electron chi connectivity index (χ3n) is 4.53. The fraction of sp³-hybridized carbons (Fsp3) is 0.0909. The molecule has 9 heteroatoms. The van der Waals surface area contributed by atoms with Crippen LogP contribution >= 0.6 is 0 Å². The molecular weight excluding hydrogens is 400 g/mol. The molecule has 0 atom stereocenters. The molecule has 0 saturated heterocycles. The lowest BCUT2D eigenvalue weighted by Crippen LogP contribution is -2.20. The first kappa shape index (κ1) is 19.9. The van der Waals surface area contributed by atoms with Gasteiger partial charge in [-0.05, 0) is 42.5 Å². The largest absolute Gasteiger partial charge is 0.497 e. The van der Waals surface area contributed by atoms with Gasteiger partial charge in [-0.15, -0.1) is 0 Å². The Morgan fingerprint density at radius 3 is 2.65 bits per heavy atom. The van der Waals surface area contributed by atoms with Gasteiger partial charge in [-0.25, -0.2) is 4.98 Å². The van der Waals surface area contributed by atoms with Gasteiger partial charge in [-0.2, -0.15) is 0 Å². The van der Waals surface area contributed by atoms with Gasteiger partial charge in [-0.3, -0.25) is 14.9 Å². The van der Waals surface area contributed by atoms with Crippen LogP contribution in [-0.4, -0.2) is 34.5 Å². The first-order valence-electron chi connectivity index (χ1n) is 9.33. The highest BCUT2D eigenvalue weighted by Crippen LogP contribution is 2.26. The van der Waals surface area contributed by atoms with Crippen molar-refractivity contribution >= 4 is 28.3 Å². The van der Waals surface area contributed by atoms with Crippen LogP contribution in [0.15, 0.2) is 66.7 Å². The third kappa shape index (κ3) is 4.61. The molecule has 1 amide bonds. The van der Waals surface area contributed by atoms with E-state index < -0.39 is 4.92 Å². The van der Waals surface area contributed by atoms with Gasteiger partial charge in [0, 0.05) is 23.4 Å². The van der Waals surface area contributed by atoms with Crippen LogP contribution in [0.1, 0.15) is 0 Å². The Kier molecular flexibility index (Phi) is 5.48. The van der Waals surface area contributed by atoms with E-state index in [4.69, 9.17) is 9.47 Å². The summed E-state index contributed by atoms with van der Waals surface area (Å²) in [6.45, 7) is -0.165. The monoisotopic (exact) mass is 418 g/mol. The quantitative estimate of drug-likeness (QED) is 0.343. The lowest BCUT2D eigenvalue weighted by molar-refractivity contribution is -0.384. The Hall–Kier alpha value is -4.40. The first-order chi connectivity index (χ1) is 15.0. The zero-order valence-electron chi connectivity index (χ0n) is 16.5. The highest BCUT2D eigenvalue weighted by molar-refractivity contribution is 5.92. The minimum Gasteiger partial charge on any atom is -0.497 e. The molecule has 1 heterocycles. The fourth-order valence-electron chi connectivity index (χ4n) is 3.00. The van der Waals surface area contributed by atoms with Crippen LogP contribution in [0.5, 0.6) is 11.5 Å². The van der Waals surface area contributed by atoms with Crippen molar-refractivity contribution in [3.8, 4) is 22.9 Å². The number of nitro benzene ring substituents is 1. The SMILES string of the molecule is COc1ccc(NC(=O)COc2cccc(-c3nc4ccc([N+](=O)[O-])cc4[nH]3)c2)cc1. The molecule has 0 fully saturated rings. The number of hydrogen-bond acceptors (Lipinski definition) is 6. The van der Waals surface area contributed by atoms with Crippen molar-refractivity contribution < 1.29 is 19.2 Å². The molecule has 156 valence electrons. The molecule has 0 aliphatic heterocycles. The molecule has 0 saturated carbocycles. The van der Waals surface area contributed by atoms with Gasteiger partial charge in [0.25, 0.3) is 11.6 Å². The summed E-state index contributed by atoms with van der Waals surface area (Å²) < 4.78 is 10.7. The lowest BCUT2D eigenvalue weighted by atomic mass is 10.2. The molecule has 4 rings (SSSR count). The zero-order valence-corrected chi connectivity index (χ0v) is 16.5.